The van der Waals surface area contributed by atoms with Gasteiger partial charge in [-0.25, -0.2) is 0 Å². The Balaban J connectivity index is 1.64. The average molecular weight is 368 g/mol. The molecule has 1 aromatic carbocycles. The monoisotopic (exact) mass is 368 g/mol. The van der Waals surface area contributed by atoms with Crippen LogP contribution in [0.2, 0.25) is 0 Å². The molecule has 5 nitrogen and oxygen atoms in total. The first-order valence-electron chi connectivity index (χ1n) is 8.93. The Hall–Kier alpha value is -2.47. The van der Waals surface area contributed by atoms with Crippen molar-refractivity contribution in [2.75, 3.05) is 11.4 Å². The standard InChI is InChI=1S/C20H20N2O3S/c1-2-16-15-9-11-26-17(15)8-10-21(16)20(25)13-4-3-5-14(12-13)22-18(23)6-7-19(22)24/h3-5,9,11-12,16H,2,6-8,10H2,1H3. The molecule has 0 radical (unpaired) electrons. The van der Waals surface area contributed by atoms with Gasteiger partial charge in [0.25, 0.3) is 5.91 Å². The zero-order chi connectivity index (χ0) is 18.3. The average Bonchev–Trinajstić information content (AvgIpc) is 3.26. The maximum atomic E-state index is 13.2. The van der Waals surface area contributed by atoms with Gasteiger partial charge in [-0.15, -0.1) is 11.3 Å². The summed E-state index contributed by atoms with van der Waals surface area (Å²) in [6, 6.07) is 9.07. The van der Waals surface area contributed by atoms with Crippen molar-refractivity contribution in [2.24, 2.45) is 0 Å². The molecule has 6 heteroatoms. The van der Waals surface area contributed by atoms with Crippen molar-refractivity contribution >= 4 is 34.7 Å². The molecular weight excluding hydrogens is 348 g/mol. The lowest BCUT2D eigenvalue weighted by molar-refractivity contribution is -0.121. The molecule has 2 aliphatic heterocycles. The Morgan fingerprint density at radius 3 is 2.65 bits per heavy atom. The van der Waals surface area contributed by atoms with E-state index in [4.69, 9.17) is 0 Å². The smallest absolute Gasteiger partial charge is 0.254 e. The molecule has 2 aliphatic rings. The predicted octanol–water partition coefficient (Wildman–Crippen LogP) is 3.55. The van der Waals surface area contributed by atoms with Crippen LogP contribution in [0.3, 0.4) is 0 Å². The molecule has 4 rings (SSSR count). The molecule has 0 aliphatic carbocycles. The number of nitrogens with zero attached hydrogens (tertiary/aromatic N) is 2. The number of amides is 3. The van der Waals surface area contributed by atoms with Crippen LogP contribution in [0.4, 0.5) is 5.69 Å². The fourth-order valence-corrected chi connectivity index (χ4v) is 4.82. The molecule has 0 saturated carbocycles. The summed E-state index contributed by atoms with van der Waals surface area (Å²) in [4.78, 5) is 41.6. The highest BCUT2D eigenvalue weighted by Gasteiger charge is 2.33. The van der Waals surface area contributed by atoms with Crippen LogP contribution in [0.1, 0.15) is 53.0 Å². The Kier molecular flexibility index (Phi) is 4.36. The molecular formula is C20H20N2O3S. The van der Waals surface area contributed by atoms with E-state index in [9.17, 15) is 14.4 Å². The number of hydrogen-bond donors (Lipinski definition) is 0. The summed E-state index contributed by atoms with van der Waals surface area (Å²) < 4.78 is 0. The highest BCUT2D eigenvalue weighted by molar-refractivity contribution is 7.10. The van der Waals surface area contributed by atoms with E-state index in [-0.39, 0.29) is 36.6 Å². The van der Waals surface area contributed by atoms with E-state index in [1.54, 1.807) is 35.6 Å². The molecule has 0 bridgehead atoms. The van der Waals surface area contributed by atoms with Crippen molar-refractivity contribution in [3.63, 3.8) is 0 Å². The Labute approximate surface area is 156 Å². The van der Waals surface area contributed by atoms with Gasteiger partial charge in [0.15, 0.2) is 0 Å². The summed E-state index contributed by atoms with van der Waals surface area (Å²) in [5, 5.41) is 2.09. The van der Waals surface area contributed by atoms with Crippen molar-refractivity contribution in [3.8, 4) is 0 Å². The molecule has 0 spiro atoms. The van der Waals surface area contributed by atoms with Gasteiger partial charge in [0, 0.05) is 29.8 Å². The van der Waals surface area contributed by atoms with Gasteiger partial charge in [-0.05, 0) is 48.1 Å². The highest BCUT2D eigenvalue weighted by atomic mass is 32.1. The molecule has 134 valence electrons. The number of imide groups is 1. The second-order valence-corrected chi connectivity index (χ2v) is 7.65. The first kappa shape index (κ1) is 17.0. The van der Waals surface area contributed by atoms with E-state index in [1.807, 2.05) is 4.90 Å². The van der Waals surface area contributed by atoms with E-state index in [1.165, 1.54) is 15.3 Å². The molecule has 3 amide bonds. The largest absolute Gasteiger partial charge is 0.331 e. The van der Waals surface area contributed by atoms with Gasteiger partial charge in [-0.2, -0.15) is 0 Å². The zero-order valence-electron chi connectivity index (χ0n) is 14.6. The van der Waals surface area contributed by atoms with Crippen molar-refractivity contribution < 1.29 is 14.4 Å². The van der Waals surface area contributed by atoms with Crippen LogP contribution in [0.5, 0.6) is 0 Å². The Morgan fingerprint density at radius 2 is 1.92 bits per heavy atom. The lowest BCUT2D eigenvalue weighted by Crippen LogP contribution is -2.39. The third-order valence-corrected chi connectivity index (χ3v) is 6.14. The van der Waals surface area contributed by atoms with Gasteiger partial charge >= 0.3 is 0 Å². The molecule has 0 N–H and O–H groups in total. The van der Waals surface area contributed by atoms with Gasteiger partial charge in [0.1, 0.15) is 0 Å². The number of fused-ring (bicyclic) bond motifs is 1. The van der Waals surface area contributed by atoms with Gasteiger partial charge in [0.05, 0.1) is 11.7 Å². The summed E-state index contributed by atoms with van der Waals surface area (Å²) >= 11 is 1.75. The molecule has 1 saturated heterocycles. The summed E-state index contributed by atoms with van der Waals surface area (Å²) in [6.07, 6.45) is 2.21. The van der Waals surface area contributed by atoms with Crippen LogP contribution in [-0.2, 0) is 16.0 Å². The van der Waals surface area contributed by atoms with Crippen LogP contribution >= 0.6 is 11.3 Å². The van der Waals surface area contributed by atoms with Crippen LogP contribution in [0, 0.1) is 0 Å². The molecule has 1 atom stereocenters. The molecule has 1 fully saturated rings. The molecule has 1 unspecified atom stereocenters. The first-order chi connectivity index (χ1) is 12.6. The number of carbonyl (C=O) groups excluding carboxylic acids is 3. The number of benzene rings is 1. The summed E-state index contributed by atoms with van der Waals surface area (Å²) in [6.45, 7) is 2.78. The van der Waals surface area contributed by atoms with Crippen LogP contribution in [0.15, 0.2) is 35.7 Å². The third kappa shape index (κ3) is 2.74. The summed E-state index contributed by atoms with van der Waals surface area (Å²) in [5.41, 5.74) is 2.26. The number of anilines is 1. The van der Waals surface area contributed by atoms with Gasteiger partial charge in [-0.1, -0.05) is 13.0 Å². The van der Waals surface area contributed by atoms with Crippen LogP contribution < -0.4 is 4.90 Å². The van der Waals surface area contributed by atoms with E-state index in [0.29, 0.717) is 17.8 Å². The summed E-state index contributed by atoms with van der Waals surface area (Å²) in [5.74, 6) is -0.450. The number of hydrogen-bond acceptors (Lipinski definition) is 4. The van der Waals surface area contributed by atoms with Gasteiger partial charge < -0.3 is 4.90 Å². The Bertz CT molecular complexity index is 873. The number of thiophene rings is 1. The van der Waals surface area contributed by atoms with Gasteiger partial charge in [-0.3, -0.25) is 19.3 Å². The highest BCUT2D eigenvalue weighted by Crippen LogP contribution is 2.36. The summed E-state index contributed by atoms with van der Waals surface area (Å²) in [7, 11) is 0. The number of rotatable bonds is 3. The fourth-order valence-electron chi connectivity index (χ4n) is 3.89. The van der Waals surface area contributed by atoms with Gasteiger partial charge in [0.2, 0.25) is 11.8 Å². The fraction of sp³-hybridized carbons (Fsp3) is 0.350. The molecule has 1 aromatic heterocycles. The lowest BCUT2D eigenvalue weighted by atomic mass is 9.96. The normalized spacial score (nSPS) is 19.8. The maximum absolute atomic E-state index is 13.2. The topological polar surface area (TPSA) is 57.7 Å². The minimum atomic E-state index is -0.202. The van der Waals surface area contributed by atoms with Crippen LogP contribution in [0.25, 0.3) is 0 Å². The first-order valence-corrected chi connectivity index (χ1v) is 9.81. The SMILES string of the molecule is CCC1c2ccsc2CCN1C(=O)c1cccc(N2C(=O)CCC2=O)c1. The second kappa shape index (κ2) is 6.68. The predicted molar refractivity (Wildman–Crippen MR) is 100 cm³/mol. The van der Waals surface area contributed by atoms with E-state index >= 15 is 0 Å². The minimum Gasteiger partial charge on any atom is -0.331 e. The quantitative estimate of drug-likeness (QED) is 0.779. The molecule has 3 heterocycles. The van der Waals surface area contributed by atoms with E-state index in [2.05, 4.69) is 18.4 Å². The number of carbonyl (C=O) groups is 3. The van der Waals surface area contributed by atoms with Crippen molar-refractivity contribution in [2.45, 2.75) is 38.6 Å². The van der Waals surface area contributed by atoms with Crippen LogP contribution in [-0.4, -0.2) is 29.2 Å². The zero-order valence-corrected chi connectivity index (χ0v) is 15.4. The van der Waals surface area contributed by atoms with Crippen molar-refractivity contribution in [1.82, 2.24) is 4.90 Å². The van der Waals surface area contributed by atoms with Crippen molar-refractivity contribution in [1.29, 1.82) is 0 Å². The Morgan fingerprint density at radius 1 is 1.15 bits per heavy atom. The molecule has 26 heavy (non-hydrogen) atoms. The maximum Gasteiger partial charge on any atom is 0.254 e. The lowest BCUT2D eigenvalue weighted by Gasteiger charge is -2.35. The molecule has 2 aromatic rings. The second-order valence-electron chi connectivity index (χ2n) is 6.64. The minimum absolute atomic E-state index is 0.0466. The third-order valence-electron chi connectivity index (χ3n) is 5.15. The van der Waals surface area contributed by atoms with E-state index < -0.39 is 0 Å². The van der Waals surface area contributed by atoms with Crippen molar-refractivity contribution in [3.05, 3.63) is 51.7 Å². The van der Waals surface area contributed by atoms with E-state index in [0.717, 1.165) is 12.8 Å².